The maximum atomic E-state index is 11.7. The molecule has 0 aliphatic carbocycles. The van der Waals surface area contributed by atoms with Gasteiger partial charge in [0, 0.05) is 35.9 Å². The second-order valence-corrected chi connectivity index (χ2v) is 11.0. The third-order valence-electron chi connectivity index (χ3n) is 4.66. The average molecular weight is 517 g/mol. The molecule has 10 nitrogen and oxygen atoms in total. The van der Waals surface area contributed by atoms with E-state index in [-0.39, 0.29) is 49.9 Å². The van der Waals surface area contributed by atoms with Crippen molar-refractivity contribution in [3.05, 3.63) is 0 Å². The average Bonchev–Trinajstić information content (AvgIpc) is 3.16. The number of carbonyl (C=O) groups excluding carboxylic acids is 4. The van der Waals surface area contributed by atoms with E-state index in [2.05, 4.69) is 9.98 Å². The summed E-state index contributed by atoms with van der Waals surface area (Å²) in [4.78, 5) is 55.0. The van der Waals surface area contributed by atoms with Gasteiger partial charge in [0.25, 0.3) is 0 Å². The number of esters is 4. The van der Waals surface area contributed by atoms with E-state index in [1.54, 1.807) is 51.2 Å². The fourth-order valence-electron chi connectivity index (χ4n) is 2.73. The van der Waals surface area contributed by atoms with Crippen LogP contribution in [0, 0.1) is 0 Å². The van der Waals surface area contributed by atoms with Gasteiger partial charge in [0.2, 0.25) is 0 Å². The van der Waals surface area contributed by atoms with Crippen LogP contribution in [0.3, 0.4) is 0 Å². The van der Waals surface area contributed by atoms with Crippen LogP contribution < -0.4 is 0 Å². The zero-order valence-electron chi connectivity index (χ0n) is 20.0. The van der Waals surface area contributed by atoms with Gasteiger partial charge in [-0.15, -0.1) is 0 Å². The highest BCUT2D eigenvalue weighted by molar-refractivity contribution is 7.99. The van der Waals surface area contributed by atoms with Gasteiger partial charge in [-0.1, -0.05) is 0 Å². The Balaban J connectivity index is 1.40. The molecule has 190 valence electrons. The number of nitrogens with zero attached hydrogens (tertiary/aromatic N) is 2. The molecule has 0 saturated carbocycles. The summed E-state index contributed by atoms with van der Waals surface area (Å²) in [6, 6.07) is 0. The van der Waals surface area contributed by atoms with Gasteiger partial charge in [0.15, 0.2) is 22.9 Å². The Morgan fingerprint density at radius 2 is 1.12 bits per heavy atom. The maximum absolute atomic E-state index is 11.7. The van der Waals surface area contributed by atoms with E-state index in [1.807, 2.05) is 0 Å². The van der Waals surface area contributed by atoms with E-state index in [0.29, 0.717) is 47.6 Å². The van der Waals surface area contributed by atoms with Gasteiger partial charge in [-0.25, -0.2) is 19.6 Å². The minimum absolute atomic E-state index is 0.0190. The normalized spacial score (nSPS) is 18.1. The summed E-state index contributed by atoms with van der Waals surface area (Å²) in [7, 11) is 0. The number of hydrogen-bond acceptors (Lipinski definition) is 12. The summed E-state index contributed by atoms with van der Waals surface area (Å²) in [5.41, 5.74) is -1.63. The highest BCUT2D eigenvalue weighted by Crippen LogP contribution is 2.22. The van der Waals surface area contributed by atoms with Crippen molar-refractivity contribution in [1.29, 1.82) is 0 Å². The lowest BCUT2D eigenvalue weighted by atomic mass is 10.1. The predicted molar refractivity (Wildman–Crippen MR) is 130 cm³/mol. The number of cyclic esters (lactones) is 2. The first-order valence-corrected chi connectivity index (χ1v) is 13.4. The summed E-state index contributed by atoms with van der Waals surface area (Å²) in [6.07, 6.45) is 1.54. The molecule has 0 radical (unpaired) electrons. The first-order valence-electron chi connectivity index (χ1n) is 11.1. The van der Waals surface area contributed by atoms with Crippen LogP contribution >= 0.6 is 23.5 Å². The van der Waals surface area contributed by atoms with Gasteiger partial charge >= 0.3 is 23.9 Å². The molecular weight excluding hydrogens is 484 g/mol. The van der Waals surface area contributed by atoms with Crippen molar-refractivity contribution in [1.82, 2.24) is 0 Å². The van der Waals surface area contributed by atoms with Crippen LogP contribution in [0.5, 0.6) is 0 Å². The van der Waals surface area contributed by atoms with Crippen molar-refractivity contribution in [3.63, 3.8) is 0 Å². The number of carbonyl (C=O) groups is 4. The van der Waals surface area contributed by atoms with Gasteiger partial charge < -0.3 is 18.9 Å². The highest BCUT2D eigenvalue weighted by Gasteiger charge is 2.37. The van der Waals surface area contributed by atoms with E-state index in [1.165, 1.54) is 0 Å². The summed E-state index contributed by atoms with van der Waals surface area (Å²) in [6.45, 7) is 6.86. The number of rotatable bonds is 15. The topological polar surface area (TPSA) is 130 Å². The largest absolute Gasteiger partial charge is 0.462 e. The van der Waals surface area contributed by atoms with Crippen molar-refractivity contribution in [2.24, 2.45) is 9.98 Å². The molecule has 0 amide bonds. The third kappa shape index (κ3) is 9.65. The Bertz CT molecular complexity index is 771. The SMILES string of the molecule is CC1(C)N=C(CCSCCC(=O)OCCOC(=O)CCSCCC2=NC(C)(C)C(=O)O2)OC1=O. The fraction of sp³-hybridized carbons (Fsp3) is 0.727. The van der Waals surface area contributed by atoms with E-state index in [0.717, 1.165) is 0 Å². The van der Waals surface area contributed by atoms with Gasteiger partial charge in [-0.2, -0.15) is 23.5 Å². The summed E-state index contributed by atoms with van der Waals surface area (Å²) in [5.74, 6) is 1.97. The predicted octanol–water partition coefficient (Wildman–Crippen LogP) is 2.57. The lowest BCUT2D eigenvalue weighted by molar-refractivity contribution is -0.151. The highest BCUT2D eigenvalue weighted by atomic mass is 32.2. The van der Waals surface area contributed by atoms with Crippen LogP contribution in [0.15, 0.2) is 9.98 Å². The van der Waals surface area contributed by atoms with E-state index < -0.39 is 11.1 Å². The minimum Gasteiger partial charge on any atom is -0.462 e. The molecule has 2 rings (SSSR count). The molecule has 2 aliphatic rings. The van der Waals surface area contributed by atoms with Crippen LogP contribution in [0.4, 0.5) is 0 Å². The molecule has 0 unspecified atom stereocenters. The third-order valence-corrected chi connectivity index (χ3v) is 6.63. The quantitative estimate of drug-likeness (QED) is 0.182. The Morgan fingerprint density at radius 1 is 0.735 bits per heavy atom. The standard InChI is InChI=1S/C22H32N2O8S2/c1-21(2)19(27)31-15(23-21)5-11-33-13-7-17(25)29-9-10-30-18(26)8-14-34-12-6-16-24-22(3,4)20(28)32-16/h5-14H2,1-4H3. The Kier molecular flexibility index (Phi) is 10.9. The van der Waals surface area contributed by atoms with Gasteiger partial charge in [0.1, 0.15) is 13.2 Å². The van der Waals surface area contributed by atoms with Crippen LogP contribution in [0.1, 0.15) is 53.4 Å². The molecule has 0 N–H and O–H groups in total. The van der Waals surface area contributed by atoms with E-state index >= 15 is 0 Å². The molecular formula is C22H32N2O8S2. The summed E-state index contributed by atoms with van der Waals surface area (Å²) < 4.78 is 20.3. The molecule has 0 fully saturated rings. The maximum Gasteiger partial charge on any atom is 0.340 e. The Labute approximate surface area is 208 Å². The smallest absolute Gasteiger partial charge is 0.340 e. The molecule has 0 aromatic carbocycles. The number of aliphatic imine (C=N–C) groups is 2. The van der Waals surface area contributed by atoms with Crippen LogP contribution in [-0.4, -0.2) is 83.0 Å². The van der Waals surface area contributed by atoms with Crippen molar-refractivity contribution >= 4 is 59.2 Å². The molecule has 2 aliphatic heterocycles. The fourth-order valence-corrected chi connectivity index (χ4v) is 4.40. The first-order chi connectivity index (χ1) is 16.0. The molecule has 0 saturated heterocycles. The monoisotopic (exact) mass is 516 g/mol. The molecule has 0 bridgehead atoms. The second-order valence-electron chi connectivity index (χ2n) is 8.57. The van der Waals surface area contributed by atoms with E-state index in [9.17, 15) is 19.2 Å². The zero-order chi connectivity index (χ0) is 25.2. The molecule has 0 aromatic rings. The molecule has 0 atom stereocenters. The van der Waals surface area contributed by atoms with Crippen LogP contribution in [-0.2, 0) is 38.1 Å². The van der Waals surface area contributed by atoms with Crippen molar-refractivity contribution in [2.45, 2.75) is 64.5 Å². The van der Waals surface area contributed by atoms with Crippen molar-refractivity contribution in [3.8, 4) is 0 Å². The summed E-state index contributed by atoms with van der Waals surface area (Å²) >= 11 is 3.08. The van der Waals surface area contributed by atoms with Gasteiger partial charge in [0.05, 0.1) is 12.8 Å². The van der Waals surface area contributed by atoms with Crippen molar-refractivity contribution < 1.29 is 38.1 Å². The molecule has 0 spiro atoms. The van der Waals surface area contributed by atoms with Crippen LogP contribution in [0.25, 0.3) is 0 Å². The molecule has 2 heterocycles. The summed E-state index contributed by atoms with van der Waals surface area (Å²) in [5, 5.41) is 0. The molecule has 34 heavy (non-hydrogen) atoms. The Morgan fingerprint density at radius 3 is 1.44 bits per heavy atom. The van der Waals surface area contributed by atoms with Crippen molar-refractivity contribution in [2.75, 3.05) is 36.2 Å². The lowest BCUT2D eigenvalue weighted by Crippen LogP contribution is -2.25. The number of hydrogen-bond donors (Lipinski definition) is 0. The number of ether oxygens (including phenoxy) is 4. The Hall–Kier alpha value is -2.08. The first kappa shape index (κ1) is 28.2. The molecule has 12 heteroatoms. The van der Waals surface area contributed by atoms with Crippen LogP contribution in [0.2, 0.25) is 0 Å². The van der Waals surface area contributed by atoms with Gasteiger partial charge in [-0.3, -0.25) is 9.59 Å². The second kappa shape index (κ2) is 13.1. The number of thioether (sulfide) groups is 2. The molecule has 0 aromatic heterocycles. The van der Waals surface area contributed by atoms with E-state index in [4.69, 9.17) is 18.9 Å². The lowest BCUT2D eigenvalue weighted by Gasteiger charge is -2.07. The zero-order valence-corrected chi connectivity index (χ0v) is 21.7. The van der Waals surface area contributed by atoms with Gasteiger partial charge in [-0.05, 0) is 27.7 Å². The minimum atomic E-state index is -0.813.